The molecule has 0 amide bonds. The van der Waals surface area contributed by atoms with Crippen LogP contribution in [-0.4, -0.2) is 56.0 Å². The molecule has 63 heavy (non-hydrogen) atoms. The summed E-state index contributed by atoms with van der Waals surface area (Å²) in [7, 11) is -7.45. The van der Waals surface area contributed by atoms with Crippen LogP contribution in [0.2, 0.25) is 0 Å². The Hall–Kier alpha value is -7.07. The summed E-state index contributed by atoms with van der Waals surface area (Å²) < 4.78 is 80.3. The summed E-state index contributed by atoms with van der Waals surface area (Å²) in [6.45, 7) is 0.315. The van der Waals surface area contributed by atoms with Crippen LogP contribution in [-0.2, 0) is 46.7 Å². The van der Waals surface area contributed by atoms with Gasteiger partial charge in [-0.15, -0.1) is 0 Å². The van der Waals surface area contributed by atoms with Gasteiger partial charge in [-0.1, -0.05) is 152 Å². The van der Waals surface area contributed by atoms with E-state index in [1.165, 1.54) is 7.11 Å². The molecule has 0 aliphatic rings. The van der Waals surface area contributed by atoms with Gasteiger partial charge in [0.15, 0.2) is 0 Å². The van der Waals surface area contributed by atoms with Crippen LogP contribution >= 0.6 is 0 Å². The number of aromatic nitrogens is 6. The predicted molar refractivity (Wildman–Crippen MR) is 225 cm³/mol. The fraction of sp³-hybridized carbons (Fsp3) is 0.143. The Bertz CT molecular complexity index is 2940. The van der Waals surface area contributed by atoms with Gasteiger partial charge in [-0.05, 0) is 32.3 Å². The van der Waals surface area contributed by atoms with Crippen LogP contribution in [0, 0.1) is 15.6 Å². The lowest BCUT2D eigenvalue weighted by molar-refractivity contribution is -0.793. The van der Waals surface area contributed by atoms with Gasteiger partial charge in [-0.25, -0.2) is 21.0 Å². The number of rotatable bonds is 14. The van der Waals surface area contributed by atoms with Crippen molar-refractivity contribution in [3.8, 4) is 33.8 Å². The summed E-state index contributed by atoms with van der Waals surface area (Å²) in [5.41, 5.74) is 3.03. The van der Waals surface area contributed by atoms with Gasteiger partial charge in [-0.2, -0.15) is 0 Å². The fourth-order valence-corrected chi connectivity index (χ4v) is 9.77. The molecule has 0 radical (unpaired) electrons. The van der Waals surface area contributed by atoms with E-state index < -0.39 is 30.5 Å². The van der Waals surface area contributed by atoms with Crippen molar-refractivity contribution in [1.29, 1.82) is 0 Å². The summed E-state index contributed by atoms with van der Waals surface area (Å²) in [4.78, 5) is 0.527. The minimum Gasteiger partial charge on any atom is -0.385 e. The first-order valence-electron chi connectivity index (χ1n) is 18.8. The molecule has 18 nitrogen and oxygen atoms in total. The van der Waals surface area contributed by atoms with Gasteiger partial charge in [0, 0.05) is 30.4 Å². The SMILES string of the molecule is COCCCS(=O)(=O)c1no[n+]([O-])c1-c1ccccc1.O=S(=O)(Cc1ccccc1)c1no[n+]([O-])c1-c1ccccc1.O=S(Cc1ccccc1)c1no[n+]([O-])c1-c1ccccc1. The minimum atomic E-state index is -3.80. The highest BCUT2D eigenvalue weighted by atomic mass is 32.2. The normalized spacial score (nSPS) is 11.8. The Balaban J connectivity index is 0.000000158. The van der Waals surface area contributed by atoms with Crippen molar-refractivity contribution >= 4 is 30.5 Å². The molecule has 5 aromatic carbocycles. The maximum Gasteiger partial charge on any atom is 0.339 e. The monoisotopic (exact) mass is 914 g/mol. The average Bonchev–Trinajstić information content (AvgIpc) is 4.02. The second-order valence-corrected chi connectivity index (χ2v) is 18.5. The van der Waals surface area contributed by atoms with Crippen molar-refractivity contribution in [2.45, 2.75) is 33.0 Å². The number of ether oxygens (including phenoxy) is 1. The molecule has 8 aromatic rings. The van der Waals surface area contributed by atoms with E-state index in [1.54, 1.807) is 115 Å². The third-order valence-electron chi connectivity index (χ3n) is 8.80. The van der Waals surface area contributed by atoms with E-state index in [-0.39, 0.29) is 59.2 Å². The molecule has 0 fully saturated rings. The molecule has 0 spiro atoms. The highest BCUT2D eigenvalue weighted by Gasteiger charge is 2.34. The standard InChI is InChI=1S/C15H12N2O4S.C15H12N2O3S.C12H14N2O5S/c18-17-14(13-9-5-2-6-10-13)15(16-21-17)22(19,20)11-12-7-3-1-4-8-12;18-17-14(13-9-5-2-6-10-13)15(16-20-17)21(19)11-12-7-3-1-4-8-12;1-18-8-5-9-20(16,17)12-11(14(15)19-13-12)10-6-3-2-4-7-10/h1-10H,11H2;1-10H,11H2;2-4,6-7H,5,8-9H2,1H3. The first kappa shape index (κ1) is 45.5. The van der Waals surface area contributed by atoms with Crippen LogP contribution in [0.4, 0.5) is 0 Å². The zero-order chi connectivity index (χ0) is 44.8. The molecular weight excluding hydrogens is 877 g/mol. The van der Waals surface area contributed by atoms with E-state index in [9.17, 15) is 36.7 Å². The first-order valence-corrected chi connectivity index (χ1v) is 23.4. The van der Waals surface area contributed by atoms with Crippen LogP contribution in [0.3, 0.4) is 0 Å². The predicted octanol–water partition coefficient (Wildman–Crippen LogP) is 5.02. The number of hydrogen-bond acceptors (Lipinski definition) is 15. The summed E-state index contributed by atoms with van der Waals surface area (Å²) in [5.74, 6) is -0.124. The van der Waals surface area contributed by atoms with Gasteiger partial charge >= 0.3 is 15.1 Å². The zero-order valence-corrected chi connectivity index (χ0v) is 35.7. The summed E-state index contributed by atoms with van der Waals surface area (Å²) in [6, 6.07) is 43.9. The smallest absolute Gasteiger partial charge is 0.339 e. The maximum absolute atomic E-state index is 12.5. The minimum absolute atomic E-state index is 0.0944. The second-order valence-electron chi connectivity index (χ2n) is 13.2. The average molecular weight is 915 g/mol. The molecule has 0 aliphatic heterocycles. The Labute approximate surface area is 363 Å². The molecular formula is C42H38N6O12S3. The summed E-state index contributed by atoms with van der Waals surface area (Å²) >= 11 is 0. The van der Waals surface area contributed by atoms with Gasteiger partial charge in [-0.3, -0.25) is 13.9 Å². The summed E-state index contributed by atoms with van der Waals surface area (Å²) in [6.07, 6.45) is 0.318. The Morgan fingerprint density at radius 1 is 0.540 bits per heavy atom. The van der Waals surface area contributed by atoms with Crippen molar-refractivity contribution in [2.75, 3.05) is 19.5 Å². The van der Waals surface area contributed by atoms with Crippen LogP contribution in [0.25, 0.3) is 33.8 Å². The molecule has 326 valence electrons. The number of nitrogens with zero attached hydrogens (tertiary/aromatic N) is 6. The van der Waals surface area contributed by atoms with E-state index in [0.29, 0.717) is 40.2 Å². The number of sulfone groups is 2. The van der Waals surface area contributed by atoms with Crippen molar-refractivity contribution in [1.82, 2.24) is 15.5 Å². The largest absolute Gasteiger partial charge is 0.385 e. The van der Waals surface area contributed by atoms with E-state index in [4.69, 9.17) is 4.74 Å². The van der Waals surface area contributed by atoms with Crippen LogP contribution in [0.1, 0.15) is 17.5 Å². The number of methoxy groups -OCH3 is 1. The van der Waals surface area contributed by atoms with Gasteiger partial charge in [0.1, 0.15) is 10.8 Å². The molecule has 0 aliphatic carbocycles. The Morgan fingerprint density at radius 2 is 0.921 bits per heavy atom. The first-order chi connectivity index (χ1) is 30.4. The topological polar surface area (TPSA) is 253 Å². The Kier molecular flexibility index (Phi) is 15.3. The van der Waals surface area contributed by atoms with Crippen LogP contribution in [0.5, 0.6) is 0 Å². The molecule has 21 heteroatoms. The van der Waals surface area contributed by atoms with Crippen molar-refractivity contribution < 1.29 is 54.4 Å². The summed E-state index contributed by atoms with van der Waals surface area (Å²) in [5, 5.41) is 45.1. The van der Waals surface area contributed by atoms with E-state index in [2.05, 4.69) is 29.4 Å². The Morgan fingerprint density at radius 3 is 1.38 bits per heavy atom. The fourth-order valence-electron chi connectivity index (χ4n) is 5.89. The molecule has 0 saturated carbocycles. The highest BCUT2D eigenvalue weighted by molar-refractivity contribution is 7.91. The molecule has 3 heterocycles. The van der Waals surface area contributed by atoms with E-state index in [1.807, 2.05) is 36.4 Å². The van der Waals surface area contributed by atoms with Gasteiger partial charge in [0.25, 0.3) is 0 Å². The highest BCUT2D eigenvalue weighted by Crippen LogP contribution is 2.26. The molecule has 1 atom stereocenters. The molecule has 0 saturated heterocycles. The van der Waals surface area contributed by atoms with Crippen molar-refractivity contribution in [2.24, 2.45) is 0 Å². The van der Waals surface area contributed by atoms with Gasteiger partial charge < -0.3 is 20.4 Å². The van der Waals surface area contributed by atoms with Crippen LogP contribution in [0.15, 0.2) is 181 Å². The molecule has 0 N–H and O–H groups in total. The number of hydrogen-bond donors (Lipinski definition) is 0. The molecule has 1 unspecified atom stereocenters. The lowest BCUT2D eigenvalue weighted by atomic mass is 10.2. The lowest BCUT2D eigenvalue weighted by Crippen LogP contribution is -2.26. The molecule has 3 aromatic heterocycles. The molecule has 0 bridgehead atoms. The van der Waals surface area contributed by atoms with Crippen molar-refractivity contribution in [3.63, 3.8) is 0 Å². The van der Waals surface area contributed by atoms with E-state index >= 15 is 0 Å². The lowest BCUT2D eigenvalue weighted by Gasteiger charge is -2.01. The van der Waals surface area contributed by atoms with E-state index in [0.717, 1.165) is 5.56 Å². The third kappa shape index (κ3) is 11.7. The van der Waals surface area contributed by atoms with Gasteiger partial charge in [0.2, 0.25) is 36.8 Å². The van der Waals surface area contributed by atoms with Crippen LogP contribution < -0.4 is 14.7 Å². The maximum atomic E-state index is 12.5. The second kappa shape index (κ2) is 21.1. The van der Waals surface area contributed by atoms with Gasteiger partial charge in [0.05, 0.1) is 32.7 Å². The quantitative estimate of drug-likeness (QED) is 0.103. The van der Waals surface area contributed by atoms with Crippen molar-refractivity contribution in [3.05, 3.63) is 178 Å². The molecule has 8 rings (SSSR count). The number of benzene rings is 5. The zero-order valence-electron chi connectivity index (χ0n) is 33.3. The third-order valence-corrected chi connectivity index (χ3v) is 13.3.